The molecule has 3 heterocycles. The van der Waals surface area contributed by atoms with Gasteiger partial charge in [-0.2, -0.15) is 16.9 Å². The largest absolute Gasteiger partial charge is 0.497 e. The van der Waals surface area contributed by atoms with Crippen LogP contribution in [-0.2, 0) is 21.1 Å². The lowest BCUT2D eigenvalue weighted by atomic mass is 10.1. The molecule has 1 atom stereocenters. The van der Waals surface area contributed by atoms with Crippen molar-refractivity contribution < 1.29 is 14.3 Å². The highest BCUT2D eigenvalue weighted by Crippen LogP contribution is 2.37. The van der Waals surface area contributed by atoms with Crippen LogP contribution in [0.4, 0.5) is 11.5 Å². The summed E-state index contributed by atoms with van der Waals surface area (Å²) >= 11 is 1.78. The Balaban J connectivity index is 1.38. The fourth-order valence-electron chi connectivity index (χ4n) is 4.30. The molecule has 2 amide bonds. The molecule has 8 heteroatoms. The van der Waals surface area contributed by atoms with Crippen molar-refractivity contribution in [1.82, 2.24) is 9.78 Å². The molecule has 3 aromatic rings. The molecule has 1 aromatic heterocycles. The van der Waals surface area contributed by atoms with Gasteiger partial charge in [0.15, 0.2) is 0 Å². The van der Waals surface area contributed by atoms with Gasteiger partial charge in [-0.25, -0.2) is 4.68 Å². The number of carbonyl (C=O) groups is 2. The van der Waals surface area contributed by atoms with Crippen LogP contribution in [0.3, 0.4) is 0 Å². The molecule has 1 fully saturated rings. The lowest BCUT2D eigenvalue weighted by Crippen LogP contribution is -2.29. The van der Waals surface area contributed by atoms with Gasteiger partial charge in [-0.15, -0.1) is 0 Å². The van der Waals surface area contributed by atoms with Crippen LogP contribution in [0.15, 0.2) is 42.5 Å². The molecule has 0 radical (unpaired) electrons. The molecule has 0 saturated carbocycles. The first-order chi connectivity index (χ1) is 15.9. The van der Waals surface area contributed by atoms with Crippen molar-refractivity contribution >= 4 is 35.1 Å². The smallest absolute Gasteiger partial charge is 0.230 e. The molecule has 0 bridgehead atoms. The molecule has 5 rings (SSSR count). The number of aromatic nitrogens is 2. The topological polar surface area (TPSA) is 76.5 Å². The van der Waals surface area contributed by atoms with E-state index in [2.05, 4.69) is 5.32 Å². The summed E-state index contributed by atoms with van der Waals surface area (Å²) in [5.41, 5.74) is 6.05. The second-order valence-electron chi connectivity index (χ2n) is 8.54. The number of hydrogen-bond donors (Lipinski definition) is 1. The van der Waals surface area contributed by atoms with E-state index < -0.39 is 5.92 Å². The van der Waals surface area contributed by atoms with Crippen LogP contribution in [0, 0.1) is 19.8 Å². The van der Waals surface area contributed by atoms with E-state index in [1.807, 2.05) is 56.3 Å². The van der Waals surface area contributed by atoms with E-state index >= 15 is 0 Å². The maximum absolute atomic E-state index is 13.3. The normalized spacial score (nSPS) is 17.4. The minimum atomic E-state index is -0.414. The van der Waals surface area contributed by atoms with Gasteiger partial charge in [0.2, 0.25) is 11.8 Å². The quantitative estimate of drug-likeness (QED) is 0.614. The van der Waals surface area contributed by atoms with Crippen LogP contribution in [-0.4, -0.2) is 35.2 Å². The van der Waals surface area contributed by atoms with Gasteiger partial charge in [-0.1, -0.05) is 6.07 Å². The van der Waals surface area contributed by atoms with Gasteiger partial charge in [0.25, 0.3) is 0 Å². The van der Waals surface area contributed by atoms with Gasteiger partial charge < -0.3 is 15.0 Å². The maximum atomic E-state index is 13.3. The molecule has 1 unspecified atom stereocenters. The van der Waals surface area contributed by atoms with Crippen LogP contribution in [0.2, 0.25) is 0 Å². The summed E-state index contributed by atoms with van der Waals surface area (Å²) < 4.78 is 7.05. The molecule has 2 aliphatic rings. The van der Waals surface area contributed by atoms with E-state index in [0.29, 0.717) is 12.4 Å². The molecule has 0 spiro atoms. The van der Waals surface area contributed by atoms with E-state index in [4.69, 9.17) is 9.84 Å². The summed E-state index contributed by atoms with van der Waals surface area (Å²) in [6.07, 6.45) is 0.201. The zero-order valence-corrected chi connectivity index (χ0v) is 19.7. The molecule has 2 aromatic carbocycles. The minimum Gasteiger partial charge on any atom is -0.497 e. The molecule has 0 aliphatic carbocycles. The van der Waals surface area contributed by atoms with E-state index in [9.17, 15) is 9.59 Å². The molecule has 170 valence electrons. The third kappa shape index (κ3) is 3.99. The number of amides is 2. The minimum absolute atomic E-state index is 0.0251. The number of aryl methyl sites for hydroxylation is 2. The molecule has 7 nitrogen and oxygen atoms in total. The van der Waals surface area contributed by atoms with Crippen LogP contribution < -0.4 is 15.0 Å². The SMILES string of the molecule is COc1ccc(-n2nc3c(c2NC(=O)C2CC(=O)N(c4ccc(C)c(C)c4)C2)CSC3)cc1. The van der Waals surface area contributed by atoms with Crippen molar-refractivity contribution in [2.75, 3.05) is 23.9 Å². The summed E-state index contributed by atoms with van der Waals surface area (Å²) in [7, 11) is 1.63. The van der Waals surface area contributed by atoms with Crippen LogP contribution in [0.25, 0.3) is 5.69 Å². The number of nitrogens with zero attached hydrogens (tertiary/aromatic N) is 3. The van der Waals surface area contributed by atoms with Crippen molar-refractivity contribution in [2.45, 2.75) is 31.8 Å². The zero-order chi connectivity index (χ0) is 23.1. The summed E-state index contributed by atoms with van der Waals surface area (Å²) in [5, 5.41) is 7.87. The average Bonchev–Trinajstić information content (AvgIpc) is 3.52. The number of carbonyl (C=O) groups excluding carboxylic acids is 2. The number of nitrogens with one attached hydrogen (secondary N) is 1. The number of benzene rings is 2. The molecule has 33 heavy (non-hydrogen) atoms. The third-order valence-electron chi connectivity index (χ3n) is 6.41. The number of hydrogen-bond acceptors (Lipinski definition) is 5. The van der Waals surface area contributed by atoms with Gasteiger partial charge in [-0.05, 0) is 61.4 Å². The lowest BCUT2D eigenvalue weighted by Gasteiger charge is -2.18. The van der Waals surface area contributed by atoms with Gasteiger partial charge in [0.1, 0.15) is 11.6 Å². The standard InChI is InChI=1S/C25H26N4O3S/c1-15-4-5-19(10-16(15)2)28-12-17(11-23(28)30)25(31)26-24-21-13-33-14-22(21)27-29(24)18-6-8-20(32-3)9-7-18/h4-10,17H,11-14H2,1-3H3,(H,26,31). The second-order valence-corrected chi connectivity index (χ2v) is 9.53. The first-order valence-corrected chi connectivity index (χ1v) is 12.1. The maximum Gasteiger partial charge on any atom is 0.230 e. The molecule has 2 aliphatic heterocycles. The van der Waals surface area contributed by atoms with Gasteiger partial charge >= 0.3 is 0 Å². The van der Waals surface area contributed by atoms with E-state index in [-0.39, 0.29) is 18.2 Å². The number of rotatable bonds is 5. The number of methoxy groups -OCH3 is 1. The summed E-state index contributed by atoms with van der Waals surface area (Å²) in [6, 6.07) is 13.6. The van der Waals surface area contributed by atoms with Crippen molar-refractivity contribution in [2.24, 2.45) is 5.92 Å². The Hall–Kier alpha value is -3.26. The molecule has 1 N–H and O–H groups in total. The highest BCUT2D eigenvalue weighted by atomic mass is 32.2. The van der Waals surface area contributed by atoms with E-state index in [1.165, 1.54) is 5.56 Å². The number of thioether (sulfide) groups is 1. The van der Waals surface area contributed by atoms with Crippen molar-refractivity contribution in [3.05, 3.63) is 64.8 Å². The summed E-state index contributed by atoms with van der Waals surface area (Å²) in [4.78, 5) is 27.7. The van der Waals surface area contributed by atoms with Crippen LogP contribution in [0.5, 0.6) is 5.75 Å². The number of ether oxygens (including phenoxy) is 1. The highest BCUT2D eigenvalue weighted by molar-refractivity contribution is 7.98. The lowest BCUT2D eigenvalue weighted by molar-refractivity contribution is -0.122. The summed E-state index contributed by atoms with van der Waals surface area (Å²) in [5.74, 6) is 2.50. The van der Waals surface area contributed by atoms with Crippen LogP contribution >= 0.6 is 11.8 Å². The first-order valence-electron chi connectivity index (χ1n) is 11.0. The fourth-order valence-corrected chi connectivity index (χ4v) is 5.33. The Morgan fingerprint density at radius 1 is 1.09 bits per heavy atom. The predicted octanol–water partition coefficient (Wildman–Crippen LogP) is 4.24. The monoisotopic (exact) mass is 462 g/mol. The van der Waals surface area contributed by atoms with Gasteiger partial charge in [0, 0.05) is 35.7 Å². The van der Waals surface area contributed by atoms with E-state index in [1.54, 1.807) is 28.5 Å². The van der Waals surface area contributed by atoms with Crippen LogP contribution in [0.1, 0.15) is 28.8 Å². The van der Waals surface area contributed by atoms with Crippen molar-refractivity contribution in [1.29, 1.82) is 0 Å². The predicted molar refractivity (Wildman–Crippen MR) is 130 cm³/mol. The zero-order valence-electron chi connectivity index (χ0n) is 18.9. The van der Waals surface area contributed by atoms with Gasteiger partial charge in [-0.3, -0.25) is 9.59 Å². The highest BCUT2D eigenvalue weighted by Gasteiger charge is 2.36. The average molecular weight is 463 g/mol. The second kappa shape index (κ2) is 8.59. The molecular weight excluding hydrogens is 436 g/mol. The Kier molecular flexibility index (Phi) is 5.62. The molecular formula is C25H26N4O3S. The first kappa shape index (κ1) is 21.6. The Morgan fingerprint density at radius 3 is 2.58 bits per heavy atom. The van der Waals surface area contributed by atoms with Crippen molar-refractivity contribution in [3.63, 3.8) is 0 Å². The number of anilines is 2. The third-order valence-corrected chi connectivity index (χ3v) is 7.38. The summed E-state index contributed by atoms with van der Waals surface area (Å²) in [6.45, 7) is 4.45. The van der Waals surface area contributed by atoms with Crippen molar-refractivity contribution in [3.8, 4) is 11.4 Å². The molecule has 1 saturated heterocycles. The van der Waals surface area contributed by atoms with Gasteiger partial charge in [0.05, 0.1) is 24.4 Å². The Morgan fingerprint density at radius 2 is 1.85 bits per heavy atom. The Labute approximate surface area is 197 Å². The van der Waals surface area contributed by atoms with E-state index in [0.717, 1.165) is 45.5 Å². The Bertz CT molecular complexity index is 1240. The number of fused-ring (bicyclic) bond motifs is 1. The fraction of sp³-hybridized carbons (Fsp3) is 0.320.